The van der Waals surface area contributed by atoms with Crippen molar-refractivity contribution in [3.8, 4) is 11.5 Å². The maximum atomic E-state index is 12.7. The molecule has 0 bridgehead atoms. The van der Waals surface area contributed by atoms with E-state index in [0.717, 1.165) is 22.6 Å². The van der Waals surface area contributed by atoms with E-state index in [1.807, 2.05) is 62.4 Å². The van der Waals surface area contributed by atoms with Crippen LogP contribution in [-0.4, -0.2) is 60.1 Å². The summed E-state index contributed by atoms with van der Waals surface area (Å²) in [6.45, 7) is 6.07. The number of aromatic nitrogens is 1. The van der Waals surface area contributed by atoms with E-state index < -0.39 is 0 Å². The Morgan fingerprint density at radius 3 is 2.37 bits per heavy atom. The van der Waals surface area contributed by atoms with Gasteiger partial charge in [-0.15, -0.1) is 0 Å². The summed E-state index contributed by atoms with van der Waals surface area (Å²) in [4.78, 5) is 28.8. The number of rotatable bonds is 7. The Labute approximate surface area is 204 Å². The van der Waals surface area contributed by atoms with Gasteiger partial charge >= 0.3 is 0 Å². The summed E-state index contributed by atoms with van der Waals surface area (Å²) < 4.78 is 16.6. The van der Waals surface area contributed by atoms with Crippen molar-refractivity contribution >= 4 is 17.9 Å². The molecule has 2 amide bonds. The summed E-state index contributed by atoms with van der Waals surface area (Å²) in [6.07, 6.45) is 3.30. The van der Waals surface area contributed by atoms with Crippen LogP contribution in [0.15, 0.2) is 59.1 Å². The molecule has 0 spiro atoms. The number of methoxy groups -OCH3 is 1. The molecule has 0 unspecified atom stereocenters. The van der Waals surface area contributed by atoms with Gasteiger partial charge in [-0.25, -0.2) is 0 Å². The van der Waals surface area contributed by atoms with Crippen molar-refractivity contribution < 1.29 is 23.6 Å². The third-order valence-electron chi connectivity index (χ3n) is 6.06. The van der Waals surface area contributed by atoms with E-state index in [2.05, 4.69) is 5.16 Å². The number of aryl methyl sites for hydroxylation is 2. The van der Waals surface area contributed by atoms with Crippen LogP contribution in [0.5, 0.6) is 11.5 Å². The van der Waals surface area contributed by atoms with Crippen LogP contribution in [0, 0.1) is 13.8 Å². The lowest BCUT2D eigenvalue weighted by molar-refractivity contribution is -0.127. The van der Waals surface area contributed by atoms with Crippen LogP contribution in [0.25, 0.3) is 6.08 Å². The number of carbonyl (C=O) groups is 2. The van der Waals surface area contributed by atoms with Gasteiger partial charge in [-0.05, 0) is 49.8 Å². The molecular weight excluding hydrogens is 446 g/mol. The number of ether oxygens (including phenoxy) is 2. The van der Waals surface area contributed by atoms with Gasteiger partial charge in [0.15, 0.2) is 11.5 Å². The van der Waals surface area contributed by atoms with E-state index in [4.69, 9.17) is 14.0 Å². The van der Waals surface area contributed by atoms with Crippen LogP contribution < -0.4 is 9.47 Å². The topological polar surface area (TPSA) is 85.1 Å². The summed E-state index contributed by atoms with van der Waals surface area (Å²) in [7, 11) is 1.58. The minimum Gasteiger partial charge on any atom is -0.493 e. The number of carbonyl (C=O) groups excluding carboxylic acids is 2. The fourth-order valence-electron chi connectivity index (χ4n) is 3.93. The van der Waals surface area contributed by atoms with Crippen LogP contribution in [0.4, 0.5) is 0 Å². The number of hydrogen-bond acceptors (Lipinski definition) is 6. The normalized spacial score (nSPS) is 13.8. The summed E-state index contributed by atoms with van der Waals surface area (Å²) in [5, 5.41) is 3.94. The maximum Gasteiger partial charge on any atom is 0.253 e. The third kappa shape index (κ3) is 5.71. The predicted molar refractivity (Wildman–Crippen MR) is 131 cm³/mol. The van der Waals surface area contributed by atoms with E-state index in [0.29, 0.717) is 49.8 Å². The first-order valence-electron chi connectivity index (χ1n) is 11.5. The first-order valence-corrected chi connectivity index (χ1v) is 11.5. The van der Waals surface area contributed by atoms with Crippen molar-refractivity contribution in [2.24, 2.45) is 0 Å². The monoisotopic (exact) mass is 475 g/mol. The highest BCUT2D eigenvalue weighted by Crippen LogP contribution is 2.30. The summed E-state index contributed by atoms with van der Waals surface area (Å²) in [5.41, 5.74) is 3.19. The Kier molecular flexibility index (Phi) is 7.50. The minimum absolute atomic E-state index is 0.00278. The fourth-order valence-corrected chi connectivity index (χ4v) is 3.93. The van der Waals surface area contributed by atoms with Gasteiger partial charge in [-0.3, -0.25) is 9.59 Å². The average molecular weight is 476 g/mol. The highest BCUT2D eigenvalue weighted by Gasteiger charge is 2.23. The lowest BCUT2D eigenvalue weighted by Crippen LogP contribution is -2.50. The Morgan fingerprint density at radius 2 is 1.71 bits per heavy atom. The first kappa shape index (κ1) is 24.1. The quantitative estimate of drug-likeness (QED) is 0.482. The lowest BCUT2D eigenvalue weighted by atomic mass is 10.1. The number of nitrogens with zero attached hydrogens (tertiary/aromatic N) is 3. The van der Waals surface area contributed by atoms with E-state index in [1.165, 1.54) is 0 Å². The Hall–Kier alpha value is -4.07. The van der Waals surface area contributed by atoms with Crippen LogP contribution in [0.1, 0.15) is 32.9 Å². The highest BCUT2D eigenvalue weighted by atomic mass is 16.5. The maximum absolute atomic E-state index is 12.7. The molecule has 2 heterocycles. The molecule has 8 heteroatoms. The van der Waals surface area contributed by atoms with Crippen molar-refractivity contribution in [3.05, 3.63) is 82.8 Å². The van der Waals surface area contributed by atoms with E-state index in [9.17, 15) is 9.59 Å². The van der Waals surface area contributed by atoms with E-state index >= 15 is 0 Å². The Bertz CT molecular complexity index is 1190. The smallest absolute Gasteiger partial charge is 0.253 e. The molecule has 4 rings (SSSR count). The van der Waals surface area contributed by atoms with Gasteiger partial charge in [0, 0.05) is 37.8 Å². The molecule has 2 aromatic carbocycles. The summed E-state index contributed by atoms with van der Waals surface area (Å²) in [6, 6.07) is 14.7. The molecule has 0 saturated carbocycles. The standard InChI is InChI=1S/C27H29N3O5/c1-19-23(20(2)35-28-19)18-34-24-11-9-21(17-25(24)33-3)10-12-26(31)29-13-15-30(16-14-29)27(32)22-7-5-4-6-8-22/h4-12,17H,13-16,18H2,1-3H3. The Balaban J connectivity index is 1.33. The molecule has 1 saturated heterocycles. The van der Waals surface area contributed by atoms with Crippen LogP contribution in [0.2, 0.25) is 0 Å². The highest BCUT2D eigenvalue weighted by molar-refractivity contribution is 5.95. The summed E-state index contributed by atoms with van der Waals surface area (Å²) >= 11 is 0. The average Bonchev–Trinajstić information content (AvgIpc) is 3.23. The fraction of sp³-hybridized carbons (Fsp3) is 0.296. The van der Waals surface area contributed by atoms with Gasteiger partial charge in [-0.1, -0.05) is 29.4 Å². The van der Waals surface area contributed by atoms with Gasteiger partial charge in [0.05, 0.1) is 18.4 Å². The van der Waals surface area contributed by atoms with Gasteiger partial charge in [0.2, 0.25) is 5.91 Å². The van der Waals surface area contributed by atoms with Gasteiger partial charge in [0.1, 0.15) is 12.4 Å². The van der Waals surface area contributed by atoms with Crippen molar-refractivity contribution in [1.29, 1.82) is 0 Å². The van der Waals surface area contributed by atoms with Crippen molar-refractivity contribution in [2.75, 3.05) is 33.3 Å². The molecule has 0 radical (unpaired) electrons. The molecule has 0 aliphatic carbocycles. The van der Waals surface area contributed by atoms with E-state index in [-0.39, 0.29) is 11.8 Å². The molecule has 1 aliphatic rings. The molecular formula is C27H29N3O5. The molecule has 0 atom stereocenters. The number of piperazine rings is 1. The largest absolute Gasteiger partial charge is 0.493 e. The molecule has 3 aromatic rings. The lowest BCUT2D eigenvalue weighted by Gasteiger charge is -2.34. The third-order valence-corrected chi connectivity index (χ3v) is 6.06. The van der Waals surface area contributed by atoms with Gasteiger partial charge < -0.3 is 23.8 Å². The second-order valence-corrected chi connectivity index (χ2v) is 8.32. The molecule has 182 valence electrons. The van der Waals surface area contributed by atoms with Crippen molar-refractivity contribution in [1.82, 2.24) is 15.0 Å². The van der Waals surface area contributed by atoms with Crippen LogP contribution in [-0.2, 0) is 11.4 Å². The molecule has 8 nitrogen and oxygen atoms in total. The molecule has 1 aliphatic heterocycles. The van der Waals surface area contributed by atoms with Gasteiger partial charge in [0.25, 0.3) is 5.91 Å². The second kappa shape index (κ2) is 10.9. The van der Waals surface area contributed by atoms with Crippen LogP contribution >= 0.6 is 0 Å². The van der Waals surface area contributed by atoms with Crippen LogP contribution in [0.3, 0.4) is 0 Å². The molecule has 0 N–H and O–H groups in total. The zero-order chi connectivity index (χ0) is 24.8. The van der Waals surface area contributed by atoms with Crippen molar-refractivity contribution in [2.45, 2.75) is 20.5 Å². The molecule has 1 fully saturated rings. The Morgan fingerprint density at radius 1 is 1.00 bits per heavy atom. The first-order chi connectivity index (χ1) is 17.0. The molecule has 35 heavy (non-hydrogen) atoms. The number of hydrogen-bond donors (Lipinski definition) is 0. The van der Waals surface area contributed by atoms with E-state index in [1.54, 1.807) is 29.1 Å². The minimum atomic E-state index is -0.0884. The van der Waals surface area contributed by atoms with Crippen molar-refractivity contribution in [3.63, 3.8) is 0 Å². The van der Waals surface area contributed by atoms with Gasteiger partial charge in [-0.2, -0.15) is 0 Å². The number of benzene rings is 2. The zero-order valence-corrected chi connectivity index (χ0v) is 20.2. The summed E-state index contributed by atoms with van der Waals surface area (Å²) in [5.74, 6) is 1.80. The second-order valence-electron chi connectivity index (χ2n) is 8.32. The molecule has 1 aromatic heterocycles. The zero-order valence-electron chi connectivity index (χ0n) is 20.2. The predicted octanol–water partition coefficient (Wildman–Crippen LogP) is 3.88. The number of amides is 2. The SMILES string of the molecule is COc1cc(C=CC(=O)N2CCN(C(=O)c3ccccc3)CC2)ccc1OCc1c(C)noc1C.